The van der Waals surface area contributed by atoms with E-state index in [0.717, 1.165) is 0 Å². The molecule has 0 bridgehead atoms. The van der Waals surface area contributed by atoms with Gasteiger partial charge in [-0.15, -0.1) is 0 Å². The molecule has 0 saturated heterocycles. The van der Waals surface area contributed by atoms with Gasteiger partial charge in [-0.3, -0.25) is 9.59 Å². The maximum Gasteiger partial charge on any atom is 0.231 e. The fraction of sp³-hybridized carbons (Fsp3) is 0.400. The zero-order chi connectivity index (χ0) is 16.0. The molecule has 3 N–H and O–H groups in total. The van der Waals surface area contributed by atoms with E-state index in [1.165, 1.54) is 0 Å². The predicted molar refractivity (Wildman–Crippen MR) is 89.2 cm³/mol. The van der Waals surface area contributed by atoms with Gasteiger partial charge in [0, 0.05) is 23.2 Å². The number of thiocarbonyl (C=S) groups is 1. The second-order valence-corrected chi connectivity index (χ2v) is 6.05. The van der Waals surface area contributed by atoms with Gasteiger partial charge in [0.25, 0.3) is 0 Å². The first-order chi connectivity index (χ1) is 9.72. The average molecular weight is 307 g/mol. The fourth-order valence-corrected chi connectivity index (χ4v) is 1.59. The summed E-state index contributed by atoms with van der Waals surface area (Å²) < 4.78 is 0. The van der Waals surface area contributed by atoms with Crippen molar-refractivity contribution in [1.82, 2.24) is 5.32 Å². The molecule has 0 spiro atoms. The molecule has 0 aliphatic heterocycles. The first-order valence-corrected chi connectivity index (χ1v) is 7.15. The number of benzene rings is 1. The van der Waals surface area contributed by atoms with E-state index in [9.17, 15) is 9.59 Å². The maximum atomic E-state index is 11.8. The molecule has 0 aromatic heterocycles. The van der Waals surface area contributed by atoms with Crippen LogP contribution in [0.1, 0.15) is 34.1 Å². The third-order valence-corrected chi connectivity index (χ3v) is 2.84. The third kappa shape index (κ3) is 5.91. The van der Waals surface area contributed by atoms with Crippen molar-refractivity contribution in [2.45, 2.75) is 34.1 Å². The smallest absolute Gasteiger partial charge is 0.231 e. The van der Waals surface area contributed by atoms with Gasteiger partial charge in [-0.2, -0.15) is 0 Å². The maximum absolute atomic E-state index is 11.8. The van der Waals surface area contributed by atoms with Crippen LogP contribution in [0.15, 0.2) is 24.3 Å². The highest BCUT2D eigenvalue weighted by atomic mass is 32.1. The molecule has 1 aromatic rings. The van der Waals surface area contributed by atoms with E-state index in [2.05, 4.69) is 16.0 Å². The number of hydrogen-bond donors (Lipinski definition) is 3. The minimum atomic E-state index is -0.511. The Labute approximate surface area is 130 Å². The van der Waals surface area contributed by atoms with Gasteiger partial charge in [0.05, 0.1) is 0 Å². The van der Waals surface area contributed by atoms with Crippen LogP contribution in [0.25, 0.3) is 0 Å². The highest BCUT2D eigenvalue weighted by Crippen LogP contribution is 2.16. The molecule has 0 saturated carbocycles. The lowest BCUT2D eigenvalue weighted by Gasteiger charge is -2.18. The third-order valence-electron chi connectivity index (χ3n) is 2.63. The van der Waals surface area contributed by atoms with Gasteiger partial charge in [0.1, 0.15) is 0 Å². The molecule has 0 heterocycles. The monoisotopic (exact) mass is 307 g/mol. The number of amides is 2. The van der Waals surface area contributed by atoms with Crippen LogP contribution in [-0.2, 0) is 9.59 Å². The molecule has 0 aliphatic carbocycles. The lowest BCUT2D eigenvalue weighted by atomic mass is 9.96. The van der Waals surface area contributed by atoms with E-state index >= 15 is 0 Å². The molecule has 114 valence electrons. The van der Waals surface area contributed by atoms with E-state index in [-0.39, 0.29) is 16.9 Å². The van der Waals surface area contributed by atoms with Crippen molar-refractivity contribution in [2.75, 3.05) is 10.6 Å². The molecule has 21 heavy (non-hydrogen) atoms. The van der Waals surface area contributed by atoms with Gasteiger partial charge in [-0.05, 0) is 30.4 Å². The van der Waals surface area contributed by atoms with Crippen molar-refractivity contribution < 1.29 is 9.59 Å². The Morgan fingerprint density at radius 2 is 1.71 bits per heavy atom. The molecule has 2 amide bonds. The number of rotatable bonds is 3. The minimum Gasteiger partial charge on any atom is -0.332 e. The molecule has 0 aliphatic rings. The van der Waals surface area contributed by atoms with Gasteiger partial charge in [-0.1, -0.05) is 33.8 Å². The van der Waals surface area contributed by atoms with Crippen molar-refractivity contribution in [3.63, 3.8) is 0 Å². The van der Waals surface area contributed by atoms with E-state index in [1.54, 1.807) is 31.2 Å². The second kappa shape index (κ2) is 7.17. The molecule has 0 fully saturated rings. The topological polar surface area (TPSA) is 70.2 Å². The Morgan fingerprint density at radius 1 is 1.14 bits per heavy atom. The number of carbonyl (C=O) groups excluding carboxylic acids is 2. The Hall–Kier alpha value is -1.95. The van der Waals surface area contributed by atoms with Crippen LogP contribution in [0.4, 0.5) is 11.4 Å². The van der Waals surface area contributed by atoms with Gasteiger partial charge in [0.2, 0.25) is 11.8 Å². The highest BCUT2D eigenvalue weighted by Gasteiger charge is 2.21. The Balaban J connectivity index is 2.67. The van der Waals surface area contributed by atoms with Crippen molar-refractivity contribution in [3.8, 4) is 0 Å². The summed E-state index contributed by atoms with van der Waals surface area (Å²) in [5.74, 6) is -0.216. The van der Waals surface area contributed by atoms with Crippen LogP contribution in [0.5, 0.6) is 0 Å². The van der Waals surface area contributed by atoms with E-state index in [4.69, 9.17) is 12.2 Å². The number of nitrogens with one attached hydrogen (secondary N) is 3. The van der Waals surface area contributed by atoms with Crippen molar-refractivity contribution in [2.24, 2.45) is 5.41 Å². The summed E-state index contributed by atoms with van der Waals surface area (Å²) >= 11 is 5.10. The van der Waals surface area contributed by atoms with Crippen LogP contribution in [0.3, 0.4) is 0 Å². The van der Waals surface area contributed by atoms with E-state index < -0.39 is 5.41 Å². The molecular weight excluding hydrogens is 286 g/mol. The molecule has 1 aromatic carbocycles. The summed E-state index contributed by atoms with van der Waals surface area (Å²) in [5, 5.41) is 8.55. The van der Waals surface area contributed by atoms with E-state index in [0.29, 0.717) is 17.8 Å². The lowest BCUT2D eigenvalue weighted by molar-refractivity contribution is -0.126. The van der Waals surface area contributed by atoms with Crippen LogP contribution >= 0.6 is 12.2 Å². The number of hydrogen-bond acceptors (Lipinski definition) is 3. The van der Waals surface area contributed by atoms with Crippen LogP contribution < -0.4 is 16.0 Å². The zero-order valence-corrected chi connectivity index (χ0v) is 13.6. The van der Waals surface area contributed by atoms with Gasteiger partial charge < -0.3 is 16.0 Å². The van der Waals surface area contributed by atoms with Gasteiger partial charge >= 0.3 is 0 Å². The first kappa shape index (κ1) is 17.1. The molecule has 0 unspecified atom stereocenters. The first-order valence-electron chi connectivity index (χ1n) is 6.74. The summed E-state index contributed by atoms with van der Waals surface area (Å²) in [6.45, 7) is 7.22. The SMILES string of the molecule is CCC(=O)Nc1cccc(NC(=S)NC(=O)C(C)(C)C)c1. The van der Waals surface area contributed by atoms with Crippen LogP contribution in [-0.4, -0.2) is 16.9 Å². The Kier molecular flexibility index (Phi) is 5.84. The van der Waals surface area contributed by atoms with Crippen LogP contribution in [0.2, 0.25) is 0 Å². The summed E-state index contributed by atoms with van der Waals surface area (Å²) in [6, 6.07) is 7.14. The Morgan fingerprint density at radius 3 is 2.24 bits per heavy atom. The standard InChI is InChI=1S/C15H21N3O2S/c1-5-12(19)16-10-7-6-8-11(9-10)17-14(21)18-13(20)15(2,3)4/h6-9H,5H2,1-4H3,(H,16,19)(H2,17,18,20,21). The predicted octanol–water partition coefficient (Wildman–Crippen LogP) is 2.89. The number of carbonyl (C=O) groups is 2. The molecule has 1 rings (SSSR count). The minimum absolute atomic E-state index is 0.0595. The van der Waals surface area contributed by atoms with E-state index in [1.807, 2.05) is 20.8 Å². The molecule has 0 atom stereocenters. The van der Waals surface area contributed by atoms with Crippen molar-refractivity contribution in [3.05, 3.63) is 24.3 Å². The lowest BCUT2D eigenvalue weighted by Crippen LogP contribution is -2.41. The van der Waals surface area contributed by atoms with Crippen LogP contribution in [0, 0.1) is 5.41 Å². The molecular formula is C15H21N3O2S. The molecule has 0 radical (unpaired) electrons. The Bertz CT molecular complexity index is 550. The highest BCUT2D eigenvalue weighted by molar-refractivity contribution is 7.80. The zero-order valence-electron chi connectivity index (χ0n) is 12.7. The summed E-state index contributed by atoms with van der Waals surface area (Å²) in [4.78, 5) is 23.2. The molecule has 5 nitrogen and oxygen atoms in total. The van der Waals surface area contributed by atoms with Crippen molar-refractivity contribution in [1.29, 1.82) is 0 Å². The quantitative estimate of drug-likeness (QED) is 0.751. The summed E-state index contributed by atoms with van der Waals surface area (Å²) in [5.41, 5.74) is 0.864. The van der Waals surface area contributed by atoms with Crippen molar-refractivity contribution >= 4 is 40.5 Å². The number of anilines is 2. The second-order valence-electron chi connectivity index (χ2n) is 5.64. The molecule has 6 heteroatoms. The average Bonchev–Trinajstić information content (AvgIpc) is 2.37. The largest absolute Gasteiger partial charge is 0.332 e. The normalized spacial score (nSPS) is 10.7. The van der Waals surface area contributed by atoms with Gasteiger partial charge in [-0.25, -0.2) is 0 Å². The van der Waals surface area contributed by atoms with Gasteiger partial charge in [0.15, 0.2) is 5.11 Å². The fourth-order valence-electron chi connectivity index (χ4n) is 1.38. The summed E-state index contributed by atoms with van der Waals surface area (Å²) in [7, 11) is 0. The summed E-state index contributed by atoms with van der Waals surface area (Å²) in [6.07, 6.45) is 0.414.